The maximum atomic E-state index is 14.3. The lowest BCUT2D eigenvalue weighted by Gasteiger charge is -2.34. The second-order valence-electron chi connectivity index (χ2n) is 10.7. The van der Waals surface area contributed by atoms with Crippen LogP contribution in [0.1, 0.15) is 38.3 Å². The number of nitrogens with zero attached hydrogens (tertiary/aromatic N) is 2. The van der Waals surface area contributed by atoms with Gasteiger partial charge in [0.1, 0.15) is 24.1 Å². The van der Waals surface area contributed by atoms with E-state index in [4.69, 9.17) is 32.7 Å². The number of carbonyl (C=O) groups excluding carboxylic acids is 2. The Kier molecular flexibility index (Phi) is 12.3. The SMILES string of the molecule is CC[C@H](C(=O)NCC(C)C)N(Cc1ccc(Cl)cc1Cl)C(=O)CN(c1cc(OC)ccc1OC)S(=O)(=O)c1ccc(C)cc1. The van der Waals surface area contributed by atoms with E-state index in [1.54, 1.807) is 49.4 Å². The summed E-state index contributed by atoms with van der Waals surface area (Å²) in [4.78, 5) is 29.1. The van der Waals surface area contributed by atoms with Gasteiger partial charge >= 0.3 is 0 Å². The van der Waals surface area contributed by atoms with Crippen molar-refractivity contribution in [2.45, 2.75) is 51.6 Å². The van der Waals surface area contributed by atoms with Crippen molar-refractivity contribution in [3.8, 4) is 11.5 Å². The summed E-state index contributed by atoms with van der Waals surface area (Å²) in [7, 11) is -1.45. The molecular formula is C32H39Cl2N3O6S. The van der Waals surface area contributed by atoms with E-state index >= 15 is 0 Å². The summed E-state index contributed by atoms with van der Waals surface area (Å²) in [5, 5.41) is 3.63. The number of sulfonamides is 1. The third kappa shape index (κ3) is 8.58. The van der Waals surface area contributed by atoms with Gasteiger partial charge in [0.05, 0.1) is 24.8 Å². The van der Waals surface area contributed by atoms with Crippen LogP contribution in [0.3, 0.4) is 0 Å². The zero-order chi connectivity index (χ0) is 32.6. The number of aryl methyl sites for hydroxylation is 1. The van der Waals surface area contributed by atoms with Crippen LogP contribution in [-0.4, -0.2) is 58.5 Å². The molecule has 0 aliphatic heterocycles. The van der Waals surface area contributed by atoms with Gasteiger partial charge in [-0.05, 0) is 61.2 Å². The van der Waals surface area contributed by atoms with E-state index in [0.717, 1.165) is 9.87 Å². The van der Waals surface area contributed by atoms with Crippen LogP contribution in [0.5, 0.6) is 11.5 Å². The summed E-state index contributed by atoms with van der Waals surface area (Å²) >= 11 is 12.6. The van der Waals surface area contributed by atoms with Crippen molar-refractivity contribution in [1.82, 2.24) is 10.2 Å². The molecule has 0 unspecified atom stereocenters. The Morgan fingerprint density at radius 3 is 2.20 bits per heavy atom. The first-order chi connectivity index (χ1) is 20.8. The van der Waals surface area contributed by atoms with Crippen LogP contribution < -0.4 is 19.1 Å². The lowest BCUT2D eigenvalue weighted by atomic mass is 10.1. The summed E-state index contributed by atoms with van der Waals surface area (Å²) in [6.07, 6.45) is 0.272. The molecule has 3 rings (SSSR count). The van der Waals surface area contributed by atoms with Crippen LogP contribution >= 0.6 is 23.2 Å². The Morgan fingerprint density at radius 1 is 0.955 bits per heavy atom. The van der Waals surface area contributed by atoms with E-state index in [1.165, 1.54) is 37.3 Å². The number of carbonyl (C=O) groups is 2. The van der Waals surface area contributed by atoms with E-state index in [9.17, 15) is 18.0 Å². The third-order valence-electron chi connectivity index (χ3n) is 6.97. The minimum Gasteiger partial charge on any atom is -0.497 e. The Balaban J connectivity index is 2.16. The van der Waals surface area contributed by atoms with Crippen LogP contribution in [0.25, 0.3) is 0 Å². The number of nitrogens with one attached hydrogen (secondary N) is 1. The highest BCUT2D eigenvalue weighted by Gasteiger charge is 2.35. The maximum Gasteiger partial charge on any atom is 0.264 e. The molecule has 9 nitrogen and oxygen atoms in total. The van der Waals surface area contributed by atoms with Crippen LogP contribution in [0.2, 0.25) is 10.0 Å². The van der Waals surface area contributed by atoms with Gasteiger partial charge in [-0.1, -0.05) is 67.7 Å². The Hall–Kier alpha value is -3.47. The Bertz CT molecular complexity index is 1560. The van der Waals surface area contributed by atoms with Crippen LogP contribution in [0, 0.1) is 12.8 Å². The van der Waals surface area contributed by atoms with Gasteiger partial charge in [-0.25, -0.2) is 8.42 Å². The predicted molar refractivity (Wildman–Crippen MR) is 174 cm³/mol. The molecule has 1 atom stereocenters. The minimum absolute atomic E-state index is 0.0187. The molecule has 0 aliphatic rings. The topological polar surface area (TPSA) is 105 Å². The average Bonchev–Trinajstić information content (AvgIpc) is 2.99. The van der Waals surface area contributed by atoms with Crippen molar-refractivity contribution in [2.75, 3.05) is 31.6 Å². The van der Waals surface area contributed by atoms with Crippen molar-refractivity contribution >= 4 is 50.7 Å². The molecule has 0 spiro atoms. The third-order valence-corrected chi connectivity index (χ3v) is 9.33. The summed E-state index contributed by atoms with van der Waals surface area (Å²) < 4.78 is 40.3. The van der Waals surface area contributed by atoms with Gasteiger partial charge in [0.15, 0.2) is 0 Å². The first-order valence-corrected chi connectivity index (χ1v) is 16.3. The molecule has 44 heavy (non-hydrogen) atoms. The van der Waals surface area contributed by atoms with Crippen molar-refractivity contribution in [2.24, 2.45) is 5.92 Å². The van der Waals surface area contributed by atoms with Gasteiger partial charge in [-0.15, -0.1) is 0 Å². The summed E-state index contributed by atoms with van der Waals surface area (Å²) in [5.41, 5.74) is 1.52. The Labute approximate surface area is 270 Å². The second-order valence-corrected chi connectivity index (χ2v) is 13.4. The molecule has 0 saturated heterocycles. The standard InChI is InChI=1S/C32H39Cl2N3O6S/c1-7-28(32(39)35-18-21(2)3)36(19-23-10-11-24(33)16-27(23)34)31(38)20-37(29-17-25(42-5)12-15-30(29)43-6)44(40,41)26-13-8-22(4)9-14-26/h8-17,21,28H,7,18-20H2,1-6H3,(H,35,39)/t28-/m1/s1. The quantitative estimate of drug-likeness (QED) is 0.224. The molecule has 1 N–H and O–H groups in total. The smallest absolute Gasteiger partial charge is 0.264 e. The second kappa shape index (κ2) is 15.5. The zero-order valence-corrected chi connectivity index (χ0v) is 28.1. The average molecular weight is 665 g/mol. The van der Waals surface area contributed by atoms with Crippen LogP contribution in [-0.2, 0) is 26.2 Å². The van der Waals surface area contributed by atoms with E-state index in [2.05, 4.69) is 5.32 Å². The number of rotatable bonds is 14. The number of hydrogen-bond donors (Lipinski definition) is 1. The zero-order valence-electron chi connectivity index (χ0n) is 25.8. The van der Waals surface area contributed by atoms with Crippen LogP contribution in [0.4, 0.5) is 5.69 Å². The van der Waals surface area contributed by atoms with E-state index in [1.807, 2.05) is 20.8 Å². The summed E-state index contributed by atoms with van der Waals surface area (Å²) in [6, 6.07) is 15.0. The number of methoxy groups -OCH3 is 2. The number of halogens is 2. The monoisotopic (exact) mass is 663 g/mol. The fourth-order valence-corrected chi connectivity index (χ4v) is 6.40. The molecule has 0 saturated carbocycles. The molecular weight excluding hydrogens is 625 g/mol. The number of benzene rings is 3. The van der Waals surface area contributed by atoms with Crippen molar-refractivity contribution < 1.29 is 27.5 Å². The van der Waals surface area contributed by atoms with Gasteiger partial charge in [0.25, 0.3) is 10.0 Å². The number of ether oxygens (including phenoxy) is 2. The van der Waals surface area contributed by atoms with E-state index < -0.39 is 28.5 Å². The van der Waals surface area contributed by atoms with Crippen molar-refractivity contribution in [3.63, 3.8) is 0 Å². The highest BCUT2D eigenvalue weighted by atomic mass is 35.5. The van der Waals surface area contributed by atoms with Crippen molar-refractivity contribution in [1.29, 1.82) is 0 Å². The lowest BCUT2D eigenvalue weighted by Crippen LogP contribution is -2.52. The molecule has 2 amide bonds. The maximum absolute atomic E-state index is 14.3. The number of amides is 2. The molecule has 0 radical (unpaired) electrons. The van der Waals surface area contributed by atoms with Gasteiger partial charge in [0, 0.05) is 29.2 Å². The van der Waals surface area contributed by atoms with Gasteiger partial charge in [0.2, 0.25) is 11.8 Å². The van der Waals surface area contributed by atoms with Gasteiger partial charge in [-0.2, -0.15) is 0 Å². The molecule has 3 aromatic rings. The molecule has 12 heteroatoms. The minimum atomic E-state index is -4.31. The highest BCUT2D eigenvalue weighted by molar-refractivity contribution is 7.92. The molecule has 238 valence electrons. The highest BCUT2D eigenvalue weighted by Crippen LogP contribution is 2.36. The molecule has 3 aromatic carbocycles. The van der Waals surface area contributed by atoms with E-state index in [-0.39, 0.29) is 41.1 Å². The molecule has 0 fully saturated rings. The summed E-state index contributed by atoms with van der Waals surface area (Å²) in [5.74, 6) is -0.221. The molecule has 0 heterocycles. The predicted octanol–water partition coefficient (Wildman–Crippen LogP) is 6.09. The van der Waals surface area contributed by atoms with Crippen molar-refractivity contribution in [3.05, 3.63) is 81.8 Å². The first-order valence-electron chi connectivity index (χ1n) is 14.1. The number of anilines is 1. The number of hydrogen-bond acceptors (Lipinski definition) is 6. The lowest BCUT2D eigenvalue weighted by molar-refractivity contribution is -0.140. The molecule has 0 aromatic heterocycles. The van der Waals surface area contributed by atoms with Crippen LogP contribution in [0.15, 0.2) is 65.6 Å². The largest absolute Gasteiger partial charge is 0.497 e. The first kappa shape index (κ1) is 35.0. The summed E-state index contributed by atoms with van der Waals surface area (Å²) in [6.45, 7) is 7.27. The fraction of sp³-hybridized carbons (Fsp3) is 0.375. The normalized spacial score (nSPS) is 12.0. The molecule has 0 bridgehead atoms. The fourth-order valence-electron chi connectivity index (χ4n) is 4.52. The van der Waals surface area contributed by atoms with E-state index in [0.29, 0.717) is 27.9 Å². The van der Waals surface area contributed by atoms with Gasteiger partial charge < -0.3 is 19.7 Å². The Morgan fingerprint density at radius 2 is 1.64 bits per heavy atom. The molecule has 0 aliphatic carbocycles. The van der Waals surface area contributed by atoms with Gasteiger partial charge in [-0.3, -0.25) is 13.9 Å².